The summed E-state index contributed by atoms with van der Waals surface area (Å²) in [6, 6.07) is 11.7. The number of rotatable bonds is 5. The van der Waals surface area contributed by atoms with Crippen molar-refractivity contribution >= 4 is 45.9 Å². The van der Waals surface area contributed by atoms with Crippen LogP contribution in [0, 0.1) is 5.82 Å². The van der Waals surface area contributed by atoms with Gasteiger partial charge in [-0.05, 0) is 42.5 Å². The molecule has 1 N–H and O–H groups in total. The molecule has 2 heterocycles. The second-order valence-corrected chi connectivity index (χ2v) is 6.88. The van der Waals surface area contributed by atoms with Crippen LogP contribution in [0.1, 0.15) is 6.42 Å². The van der Waals surface area contributed by atoms with Crippen molar-refractivity contribution in [2.45, 2.75) is 13.0 Å². The van der Waals surface area contributed by atoms with Gasteiger partial charge in [0.05, 0.1) is 12.2 Å². The number of cyclic esters (lactones) is 1. The zero-order chi connectivity index (χ0) is 19.7. The van der Waals surface area contributed by atoms with Gasteiger partial charge in [-0.3, -0.25) is 9.69 Å². The average Bonchev–Trinajstić information content (AvgIpc) is 3.27. The van der Waals surface area contributed by atoms with E-state index in [4.69, 9.17) is 16.3 Å². The Morgan fingerprint density at radius 3 is 2.86 bits per heavy atom. The lowest BCUT2D eigenvalue weighted by atomic mass is 10.2. The van der Waals surface area contributed by atoms with Crippen molar-refractivity contribution < 1.29 is 18.7 Å². The van der Waals surface area contributed by atoms with Crippen LogP contribution in [0.3, 0.4) is 0 Å². The van der Waals surface area contributed by atoms with Crippen LogP contribution >= 0.6 is 11.6 Å². The summed E-state index contributed by atoms with van der Waals surface area (Å²) in [6.07, 6.45) is 1.55. The Labute approximate surface area is 165 Å². The molecular formula is C20H17ClFN3O3. The van der Waals surface area contributed by atoms with Gasteiger partial charge < -0.3 is 14.6 Å². The zero-order valence-corrected chi connectivity index (χ0v) is 15.6. The van der Waals surface area contributed by atoms with Crippen molar-refractivity contribution in [2.75, 3.05) is 23.4 Å². The maximum absolute atomic E-state index is 14.1. The van der Waals surface area contributed by atoms with E-state index in [9.17, 15) is 14.0 Å². The number of amides is 2. The summed E-state index contributed by atoms with van der Waals surface area (Å²) < 4.78 is 20.9. The number of hydrogen-bond donors (Lipinski definition) is 1. The molecule has 0 bridgehead atoms. The Kier molecular flexibility index (Phi) is 4.92. The lowest BCUT2D eigenvalue weighted by Crippen LogP contribution is -2.24. The molecule has 6 nitrogen and oxygen atoms in total. The lowest BCUT2D eigenvalue weighted by molar-refractivity contribution is -0.116. The minimum absolute atomic E-state index is 0.0913. The Morgan fingerprint density at radius 1 is 1.21 bits per heavy atom. The van der Waals surface area contributed by atoms with Crippen LogP contribution in [0.2, 0.25) is 5.02 Å². The van der Waals surface area contributed by atoms with E-state index in [1.807, 2.05) is 35.0 Å². The highest BCUT2D eigenvalue weighted by atomic mass is 35.5. The highest BCUT2D eigenvalue weighted by Crippen LogP contribution is 2.26. The van der Waals surface area contributed by atoms with Crippen molar-refractivity contribution in [3.63, 3.8) is 0 Å². The Hall–Kier alpha value is -3.06. The second kappa shape index (κ2) is 7.52. The molecule has 2 aromatic carbocycles. The van der Waals surface area contributed by atoms with E-state index in [0.29, 0.717) is 17.3 Å². The van der Waals surface area contributed by atoms with E-state index in [0.717, 1.165) is 10.9 Å². The number of nitrogens with zero attached hydrogens (tertiary/aromatic N) is 2. The first kappa shape index (κ1) is 18.3. The number of anilines is 2. The highest BCUT2D eigenvalue weighted by Gasteiger charge is 2.26. The molecule has 0 unspecified atom stereocenters. The van der Waals surface area contributed by atoms with Crippen LogP contribution in [0.5, 0.6) is 0 Å². The molecule has 4 rings (SSSR count). The van der Waals surface area contributed by atoms with Crippen LogP contribution in [-0.4, -0.2) is 29.7 Å². The molecule has 0 spiro atoms. The number of halogens is 2. The number of hydrogen-bond acceptors (Lipinski definition) is 3. The molecule has 144 valence electrons. The standard InChI is InChI=1S/C20H17ClFN3O3/c21-14-1-4-17-13(11-14)5-7-24(17)8-6-19(26)23-15-2-3-16(22)18(12-15)25-9-10-28-20(25)27/h1-5,7,11-12H,6,8-10H2,(H,23,26). The summed E-state index contributed by atoms with van der Waals surface area (Å²) in [5, 5.41) is 4.42. The first-order valence-electron chi connectivity index (χ1n) is 8.79. The third-order valence-corrected chi connectivity index (χ3v) is 4.83. The monoisotopic (exact) mass is 401 g/mol. The van der Waals surface area contributed by atoms with E-state index >= 15 is 0 Å². The fraction of sp³-hybridized carbons (Fsp3) is 0.200. The van der Waals surface area contributed by atoms with E-state index < -0.39 is 11.9 Å². The Bertz CT molecular complexity index is 1070. The SMILES string of the molecule is O=C(CCn1ccc2cc(Cl)ccc21)Nc1ccc(F)c(N2CCOC2=O)c1. The topological polar surface area (TPSA) is 63.6 Å². The van der Waals surface area contributed by atoms with Gasteiger partial charge in [0, 0.05) is 40.8 Å². The average molecular weight is 402 g/mol. The number of carbonyl (C=O) groups excluding carboxylic acids is 2. The molecule has 0 saturated carbocycles. The summed E-state index contributed by atoms with van der Waals surface area (Å²) >= 11 is 5.99. The van der Waals surface area contributed by atoms with Crippen LogP contribution < -0.4 is 10.2 Å². The lowest BCUT2D eigenvalue weighted by Gasteiger charge is -2.15. The predicted octanol–water partition coefficient (Wildman–Crippen LogP) is 4.42. The summed E-state index contributed by atoms with van der Waals surface area (Å²) in [5.74, 6) is -0.758. The number of benzene rings is 2. The largest absolute Gasteiger partial charge is 0.447 e. The number of carbonyl (C=O) groups is 2. The maximum atomic E-state index is 14.1. The van der Waals surface area contributed by atoms with Gasteiger partial charge in [-0.2, -0.15) is 0 Å². The van der Waals surface area contributed by atoms with E-state index in [1.165, 1.54) is 23.1 Å². The summed E-state index contributed by atoms with van der Waals surface area (Å²) in [4.78, 5) is 25.2. The van der Waals surface area contributed by atoms with Crippen molar-refractivity contribution in [1.82, 2.24) is 4.57 Å². The fourth-order valence-electron chi connectivity index (χ4n) is 3.22. The predicted molar refractivity (Wildman–Crippen MR) is 105 cm³/mol. The van der Waals surface area contributed by atoms with E-state index in [2.05, 4.69) is 5.32 Å². The molecule has 2 amide bonds. The van der Waals surface area contributed by atoms with Gasteiger partial charge in [0.1, 0.15) is 12.4 Å². The molecule has 1 fully saturated rings. The smallest absolute Gasteiger partial charge is 0.414 e. The number of nitrogens with one attached hydrogen (secondary N) is 1. The molecule has 0 radical (unpaired) electrons. The van der Waals surface area contributed by atoms with Crippen LogP contribution in [0.4, 0.5) is 20.6 Å². The van der Waals surface area contributed by atoms with E-state index in [1.54, 1.807) is 0 Å². The minimum atomic E-state index is -0.595. The number of fused-ring (bicyclic) bond motifs is 1. The highest BCUT2D eigenvalue weighted by molar-refractivity contribution is 6.31. The van der Waals surface area contributed by atoms with Crippen molar-refractivity contribution in [2.24, 2.45) is 0 Å². The van der Waals surface area contributed by atoms with Gasteiger partial charge in [-0.1, -0.05) is 11.6 Å². The molecule has 1 saturated heterocycles. The fourth-order valence-corrected chi connectivity index (χ4v) is 3.40. The maximum Gasteiger partial charge on any atom is 0.414 e. The third-order valence-electron chi connectivity index (χ3n) is 4.59. The zero-order valence-electron chi connectivity index (χ0n) is 14.8. The Balaban J connectivity index is 1.43. The molecule has 28 heavy (non-hydrogen) atoms. The summed E-state index contributed by atoms with van der Waals surface area (Å²) in [5.41, 5.74) is 1.51. The van der Waals surface area contributed by atoms with Gasteiger partial charge in [0.15, 0.2) is 0 Å². The van der Waals surface area contributed by atoms with Gasteiger partial charge in [0.25, 0.3) is 0 Å². The van der Waals surface area contributed by atoms with Crippen LogP contribution in [0.15, 0.2) is 48.7 Å². The third kappa shape index (κ3) is 3.66. The number of ether oxygens (including phenoxy) is 1. The minimum Gasteiger partial charge on any atom is -0.447 e. The summed E-state index contributed by atoms with van der Waals surface area (Å²) in [7, 11) is 0. The molecule has 0 atom stereocenters. The van der Waals surface area contributed by atoms with Crippen molar-refractivity contribution in [3.05, 3.63) is 59.5 Å². The van der Waals surface area contributed by atoms with Crippen LogP contribution in [0.25, 0.3) is 10.9 Å². The van der Waals surface area contributed by atoms with Gasteiger partial charge in [-0.15, -0.1) is 0 Å². The van der Waals surface area contributed by atoms with Gasteiger partial charge >= 0.3 is 6.09 Å². The quantitative estimate of drug-likeness (QED) is 0.688. The number of aromatic nitrogens is 1. The molecule has 3 aromatic rings. The second-order valence-electron chi connectivity index (χ2n) is 6.44. The van der Waals surface area contributed by atoms with E-state index in [-0.39, 0.29) is 31.2 Å². The van der Waals surface area contributed by atoms with Crippen LogP contribution in [-0.2, 0) is 16.1 Å². The summed E-state index contributed by atoms with van der Waals surface area (Å²) in [6.45, 7) is 0.978. The molecule has 0 aliphatic carbocycles. The van der Waals surface area contributed by atoms with Gasteiger partial charge in [0.2, 0.25) is 5.91 Å². The van der Waals surface area contributed by atoms with Gasteiger partial charge in [-0.25, -0.2) is 9.18 Å². The van der Waals surface area contributed by atoms with Crippen molar-refractivity contribution in [1.29, 1.82) is 0 Å². The van der Waals surface area contributed by atoms with Crippen molar-refractivity contribution in [3.8, 4) is 0 Å². The number of aryl methyl sites for hydroxylation is 1. The Morgan fingerprint density at radius 2 is 2.07 bits per heavy atom. The first-order chi connectivity index (χ1) is 13.5. The molecular weight excluding hydrogens is 385 g/mol. The first-order valence-corrected chi connectivity index (χ1v) is 9.17. The molecule has 1 aliphatic rings. The normalized spacial score (nSPS) is 13.8. The molecule has 1 aliphatic heterocycles. The molecule has 1 aromatic heterocycles. The molecule has 8 heteroatoms.